The van der Waals surface area contributed by atoms with Crippen molar-refractivity contribution >= 4 is 0 Å². The maximum atomic E-state index is 3.80. The molecular formula is C14H24N2. The summed E-state index contributed by atoms with van der Waals surface area (Å²) in [5.41, 5.74) is 0.783. The van der Waals surface area contributed by atoms with E-state index in [2.05, 4.69) is 10.6 Å². The maximum Gasteiger partial charge on any atom is 0.0111 e. The largest absolute Gasteiger partial charge is 0.316 e. The van der Waals surface area contributed by atoms with Gasteiger partial charge in [-0.1, -0.05) is 0 Å². The highest BCUT2D eigenvalue weighted by atomic mass is 15.0. The third-order valence-electron chi connectivity index (χ3n) is 5.65. The van der Waals surface area contributed by atoms with Crippen molar-refractivity contribution in [1.82, 2.24) is 10.6 Å². The highest BCUT2D eigenvalue weighted by Crippen LogP contribution is 2.60. The van der Waals surface area contributed by atoms with Gasteiger partial charge in [-0.05, 0) is 68.7 Å². The predicted octanol–water partition coefficient (Wildman–Crippen LogP) is 1.91. The van der Waals surface area contributed by atoms with Crippen LogP contribution in [-0.4, -0.2) is 25.2 Å². The summed E-state index contributed by atoms with van der Waals surface area (Å²) >= 11 is 0. The van der Waals surface area contributed by atoms with Crippen LogP contribution in [0, 0.1) is 17.3 Å². The lowest BCUT2D eigenvalue weighted by Gasteiger charge is -2.22. The standard InChI is InChI=1S/C14H24N2/c1-2-11(1)14(5-6-14)9-15-8-10-7-12-3-4-13(10)16-12/h10-13,15-16H,1-9H2. The number of hydrogen-bond donors (Lipinski definition) is 2. The fraction of sp³-hybridized carbons (Fsp3) is 1.00. The highest BCUT2D eigenvalue weighted by Gasteiger charge is 2.53. The molecule has 4 rings (SSSR count). The molecule has 90 valence electrons. The Hall–Kier alpha value is -0.0800. The van der Waals surface area contributed by atoms with Crippen LogP contribution < -0.4 is 10.6 Å². The van der Waals surface area contributed by atoms with Crippen molar-refractivity contribution in [1.29, 1.82) is 0 Å². The molecule has 2 heterocycles. The fourth-order valence-corrected chi connectivity index (χ4v) is 4.26. The van der Waals surface area contributed by atoms with Crippen molar-refractivity contribution < 1.29 is 0 Å². The molecule has 0 amide bonds. The Morgan fingerprint density at radius 1 is 1.12 bits per heavy atom. The Kier molecular flexibility index (Phi) is 2.14. The Balaban J connectivity index is 1.24. The first kappa shape index (κ1) is 9.90. The molecule has 3 atom stereocenters. The average Bonchev–Trinajstić information content (AvgIpc) is 3.18. The molecule has 2 saturated carbocycles. The molecule has 0 aromatic rings. The predicted molar refractivity (Wildman–Crippen MR) is 65.3 cm³/mol. The van der Waals surface area contributed by atoms with Gasteiger partial charge >= 0.3 is 0 Å². The van der Waals surface area contributed by atoms with Crippen molar-refractivity contribution in [2.75, 3.05) is 13.1 Å². The van der Waals surface area contributed by atoms with E-state index in [0.29, 0.717) is 0 Å². The van der Waals surface area contributed by atoms with E-state index in [-0.39, 0.29) is 0 Å². The quantitative estimate of drug-likeness (QED) is 0.739. The van der Waals surface area contributed by atoms with E-state index < -0.39 is 0 Å². The molecule has 2 saturated heterocycles. The van der Waals surface area contributed by atoms with Crippen LogP contribution >= 0.6 is 0 Å². The van der Waals surface area contributed by atoms with Gasteiger partial charge in [0.05, 0.1) is 0 Å². The van der Waals surface area contributed by atoms with Crippen LogP contribution in [0.1, 0.15) is 44.9 Å². The van der Waals surface area contributed by atoms with Crippen LogP contribution in [0.15, 0.2) is 0 Å². The summed E-state index contributed by atoms with van der Waals surface area (Å²) in [7, 11) is 0. The van der Waals surface area contributed by atoms with E-state index in [1.165, 1.54) is 58.0 Å². The molecule has 2 aliphatic heterocycles. The zero-order chi connectivity index (χ0) is 10.6. The van der Waals surface area contributed by atoms with Crippen molar-refractivity contribution in [2.24, 2.45) is 17.3 Å². The molecule has 2 bridgehead atoms. The second kappa shape index (κ2) is 3.46. The molecule has 0 aromatic heterocycles. The molecule has 2 heteroatoms. The first-order valence-corrected chi connectivity index (χ1v) is 7.32. The highest BCUT2D eigenvalue weighted by molar-refractivity contribution is 5.05. The molecule has 0 spiro atoms. The second-order valence-corrected chi connectivity index (χ2v) is 6.81. The first-order valence-electron chi connectivity index (χ1n) is 7.32. The molecular weight excluding hydrogens is 196 g/mol. The van der Waals surface area contributed by atoms with Crippen LogP contribution in [-0.2, 0) is 0 Å². The van der Waals surface area contributed by atoms with E-state index in [1.54, 1.807) is 0 Å². The van der Waals surface area contributed by atoms with Crippen molar-refractivity contribution in [3.63, 3.8) is 0 Å². The summed E-state index contributed by atoms with van der Waals surface area (Å²) in [6.07, 6.45) is 10.4. The van der Waals surface area contributed by atoms with Gasteiger partial charge in [0.2, 0.25) is 0 Å². The molecule has 2 aliphatic carbocycles. The summed E-state index contributed by atoms with van der Waals surface area (Å²) in [6.45, 7) is 2.61. The molecule has 2 nitrogen and oxygen atoms in total. The van der Waals surface area contributed by atoms with Crippen LogP contribution in [0.5, 0.6) is 0 Å². The smallest absolute Gasteiger partial charge is 0.0111 e. The molecule has 0 aromatic carbocycles. The average molecular weight is 220 g/mol. The summed E-state index contributed by atoms with van der Waals surface area (Å²) in [6, 6.07) is 1.73. The minimum atomic E-state index is 0.783. The van der Waals surface area contributed by atoms with Crippen molar-refractivity contribution in [3.05, 3.63) is 0 Å². The lowest BCUT2D eigenvalue weighted by molar-refractivity contribution is 0.344. The topological polar surface area (TPSA) is 24.1 Å². The third kappa shape index (κ3) is 1.62. The van der Waals surface area contributed by atoms with Gasteiger partial charge in [0.1, 0.15) is 0 Å². The van der Waals surface area contributed by atoms with Gasteiger partial charge < -0.3 is 10.6 Å². The van der Waals surface area contributed by atoms with Gasteiger partial charge in [0, 0.05) is 18.6 Å². The van der Waals surface area contributed by atoms with Crippen LogP contribution in [0.2, 0.25) is 0 Å². The van der Waals surface area contributed by atoms with Crippen molar-refractivity contribution in [3.8, 4) is 0 Å². The fourth-order valence-electron chi connectivity index (χ4n) is 4.26. The Bertz CT molecular complexity index is 280. The van der Waals surface area contributed by atoms with E-state index in [4.69, 9.17) is 0 Å². The molecule has 0 radical (unpaired) electrons. The van der Waals surface area contributed by atoms with Gasteiger partial charge in [-0.2, -0.15) is 0 Å². The second-order valence-electron chi connectivity index (χ2n) is 6.81. The zero-order valence-electron chi connectivity index (χ0n) is 10.2. The number of hydrogen-bond acceptors (Lipinski definition) is 2. The van der Waals surface area contributed by atoms with Gasteiger partial charge in [-0.15, -0.1) is 0 Å². The molecule has 2 N–H and O–H groups in total. The van der Waals surface area contributed by atoms with Crippen LogP contribution in [0.4, 0.5) is 0 Å². The Morgan fingerprint density at radius 2 is 2.00 bits per heavy atom. The maximum absolute atomic E-state index is 3.80. The third-order valence-corrected chi connectivity index (χ3v) is 5.65. The van der Waals surface area contributed by atoms with Gasteiger partial charge in [0.15, 0.2) is 0 Å². The minimum Gasteiger partial charge on any atom is -0.316 e. The van der Waals surface area contributed by atoms with E-state index in [0.717, 1.165) is 29.3 Å². The van der Waals surface area contributed by atoms with Gasteiger partial charge in [0.25, 0.3) is 0 Å². The summed E-state index contributed by atoms with van der Waals surface area (Å²) in [5, 5.41) is 7.53. The van der Waals surface area contributed by atoms with Crippen molar-refractivity contribution in [2.45, 2.75) is 57.0 Å². The van der Waals surface area contributed by atoms with E-state index in [9.17, 15) is 0 Å². The summed E-state index contributed by atoms with van der Waals surface area (Å²) in [4.78, 5) is 0. The molecule has 16 heavy (non-hydrogen) atoms. The number of fused-ring (bicyclic) bond motifs is 2. The molecule has 4 fully saturated rings. The van der Waals surface area contributed by atoms with Gasteiger partial charge in [-0.3, -0.25) is 0 Å². The van der Waals surface area contributed by atoms with E-state index in [1.807, 2.05) is 0 Å². The SMILES string of the molecule is C1CC2NC1CC2CNCC1(C2CC2)CC1. The molecule has 3 unspecified atom stereocenters. The number of nitrogens with one attached hydrogen (secondary N) is 2. The Morgan fingerprint density at radius 3 is 2.56 bits per heavy atom. The summed E-state index contributed by atoms with van der Waals surface area (Å²) < 4.78 is 0. The van der Waals surface area contributed by atoms with E-state index >= 15 is 0 Å². The van der Waals surface area contributed by atoms with Crippen LogP contribution in [0.25, 0.3) is 0 Å². The lowest BCUT2D eigenvalue weighted by atomic mass is 9.89. The zero-order valence-corrected chi connectivity index (χ0v) is 10.2. The monoisotopic (exact) mass is 220 g/mol. The molecule has 4 aliphatic rings. The van der Waals surface area contributed by atoms with Gasteiger partial charge in [-0.25, -0.2) is 0 Å². The van der Waals surface area contributed by atoms with Crippen LogP contribution in [0.3, 0.4) is 0 Å². The normalized spacial score (nSPS) is 43.9. The lowest BCUT2D eigenvalue weighted by Crippen LogP contribution is -2.35. The first-order chi connectivity index (χ1) is 7.86. The summed E-state index contributed by atoms with van der Waals surface area (Å²) in [5.74, 6) is 2.05. The number of rotatable bonds is 5. The Labute approximate surface area is 98.6 Å². The minimum absolute atomic E-state index is 0.783.